The van der Waals surface area contributed by atoms with Crippen LogP contribution in [-0.4, -0.2) is 28.6 Å². The van der Waals surface area contributed by atoms with Crippen LogP contribution in [0, 0.1) is 0 Å². The fourth-order valence-corrected chi connectivity index (χ4v) is 4.24. The van der Waals surface area contributed by atoms with Crippen molar-refractivity contribution in [1.29, 1.82) is 0 Å². The van der Waals surface area contributed by atoms with E-state index in [1.807, 2.05) is 44.2 Å². The lowest BCUT2D eigenvalue weighted by Crippen LogP contribution is -2.15. The van der Waals surface area contributed by atoms with E-state index >= 15 is 0 Å². The van der Waals surface area contributed by atoms with E-state index in [-0.39, 0.29) is 18.3 Å². The third-order valence-electron chi connectivity index (χ3n) is 4.57. The lowest BCUT2D eigenvalue weighted by Gasteiger charge is -2.13. The number of thiazole rings is 1. The molecule has 0 amide bonds. The lowest BCUT2D eigenvalue weighted by atomic mass is 10.2. The van der Waals surface area contributed by atoms with E-state index in [1.165, 1.54) is 23.5 Å². The first-order chi connectivity index (χ1) is 15.4. The van der Waals surface area contributed by atoms with Gasteiger partial charge >= 0.3 is 5.97 Å². The van der Waals surface area contributed by atoms with Crippen LogP contribution in [0.5, 0.6) is 11.5 Å². The first-order valence-electron chi connectivity index (χ1n) is 10.0. The van der Waals surface area contributed by atoms with E-state index in [0.717, 1.165) is 15.8 Å². The minimum atomic E-state index is -0.537. The van der Waals surface area contributed by atoms with Gasteiger partial charge in [0.05, 0.1) is 29.1 Å². The number of aromatic nitrogens is 2. The molecule has 2 heterocycles. The van der Waals surface area contributed by atoms with Crippen molar-refractivity contribution in [3.05, 3.63) is 76.2 Å². The smallest absolute Gasteiger partial charge is 0.331 e. The molecule has 164 valence electrons. The molecule has 32 heavy (non-hydrogen) atoms. The second-order valence-electron chi connectivity index (χ2n) is 7.29. The lowest BCUT2D eigenvalue weighted by molar-refractivity contribution is -0.139. The van der Waals surface area contributed by atoms with E-state index in [1.54, 1.807) is 29.7 Å². The van der Waals surface area contributed by atoms with Crippen molar-refractivity contribution in [1.82, 2.24) is 9.38 Å². The van der Waals surface area contributed by atoms with Gasteiger partial charge in [0.1, 0.15) is 6.61 Å². The van der Waals surface area contributed by atoms with Crippen LogP contribution in [0.2, 0.25) is 0 Å². The Kier molecular flexibility index (Phi) is 6.23. The zero-order chi connectivity index (χ0) is 22.7. The Balaban J connectivity index is 1.45. The highest BCUT2D eigenvalue weighted by Crippen LogP contribution is 2.29. The number of hydrogen-bond acceptors (Lipinski definition) is 7. The Morgan fingerprint density at radius 2 is 1.97 bits per heavy atom. The SMILES string of the molecule is COc1cc(C=CC(=O)OCc2cc(=O)n3c(n2)sc2ccccc23)ccc1OC(C)C. The molecule has 2 aromatic carbocycles. The van der Waals surface area contributed by atoms with E-state index in [9.17, 15) is 9.59 Å². The largest absolute Gasteiger partial charge is 0.493 e. The molecule has 0 spiro atoms. The average Bonchev–Trinajstić information content (AvgIpc) is 3.15. The van der Waals surface area contributed by atoms with Gasteiger partial charge in [0.2, 0.25) is 0 Å². The Bertz CT molecular complexity index is 1370. The van der Waals surface area contributed by atoms with E-state index < -0.39 is 5.97 Å². The average molecular weight is 451 g/mol. The number of methoxy groups -OCH3 is 1. The van der Waals surface area contributed by atoms with Crippen molar-refractivity contribution < 1.29 is 19.0 Å². The summed E-state index contributed by atoms with van der Waals surface area (Å²) in [7, 11) is 1.56. The van der Waals surface area contributed by atoms with Crippen LogP contribution in [0.4, 0.5) is 0 Å². The minimum Gasteiger partial charge on any atom is -0.493 e. The summed E-state index contributed by atoms with van der Waals surface area (Å²) < 4.78 is 18.8. The highest BCUT2D eigenvalue weighted by atomic mass is 32.1. The van der Waals surface area contributed by atoms with Crippen LogP contribution in [0.1, 0.15) is 25.1 Å². The van der Waals surface area contributed by atoms with Crippen LogP contribution in [0.25, 0.3) is 21.3 Å². The van der Waals surface area contributed by atoms with Gasteiger partial charge in [0, 0.05) is 12.1 Å². The number of esters is 1. The molecule has 0 fully saturated rings. The number of fused-ring (bicyclic) bond motifs is 3. The van der Waals surface area contributed by atoms with Crippen molar-refractivity contribution >= 4 is 38.6 Å². The predicted molar refractivity (Wildman–Crippen MR) is 124 cm³/mol. The van der Waals surface area contributed by atoms with Crippen molar-refractivity contribution in [2.75, 3.05) is 7.11 Å². The third kappa shape index (κ3) is 4.65. The Morgan fingerprint density at radius 3 is 2.75 bits per heavy atom. The van der Waals surface area contributed by atoms with E-state index in [2.05, 4.69) is 4.98 Å². The van der Waals surface area contributed by atoms with Crippen molar-refractivity contribution in [2.24, 2.45) is 0 Å². The van der Waals surface area contributed by atoms with Crippen LogP contribution >= 0.6 is 11.3 Å². The van der Waals surface area contributed by atoms with Gasteiger partial charge in [-0.15, -0.1) is 0 Å². The number of nitrogens with zero attached hydrogens (tertiary/aromatic N) is 2. The number of hydrogen-bond donors (Lipinski definition) is 0. The predicted octanol–water partition coefficient (Wildman–Crippen LogP) is 4.46. The molecule has 0 unspecified atom stereocenters. The molecule has 4 rings (SSSR count). The normalized spacial score (nSPS) is 11.5. The van der Waals surface area contributed by atoms with Crippen LogP contribution in [0.15, 0.2) is 59.4 Å². The molecule has 8 heteroatoms. The van der Waals surface area contributed by atoms with Gasteiger partial charge < -0.3 is 14.2 Å². The van der Waals surface area contributed by atoms with Gasteiger partial charge in [-0.2, -0.15) is 0 Å². The monoisotopic (exact) mass is 450 g/mol. The number of benzene rings is 2. The minimum absolute atomic E-state index is 0.0219. The zero-order valence-electron chi connectivity index (χ0n) is 17.9. The maximum absolute atomic E-state index is 12.5. The molecule has 0 aliphatic heterocycles. The Labute approximate surface area is 188 Å². The van der Waals surface area contributed by atoms with Gasteiger partial charge in [-0.1, -0.05) is 29.5 Å². The second-order valence-corrected chi connectivity index (χ2v) is 8.30. The fraction of sp³-hybridized carbons (Fsp3) is 0.208. The standard InChI is InChI=1S/C24H22N2O5S/c1-15(2)31-19-10-8-16(12-20(19)29-3)9-11-23(28)30-14-17-13-22(27)26-18-6-4-5-7-21(18)32-24(26)25-17/h4-13,15H,14H2,1-3H3. The molecule has 0 bridgehead atoms. The zero-order valence-corrected chi connectivity index (χ0v) is 18.7. The molecular formula is C24H22N2O5S. The molecule has 0 atom stereocenters. The van der Waals surface area contributed by atoms with Gasteiger partial charge in [-0.05, 0) is 49.8 Å². The molecule has 0 aliphatic rings. The quantitative estimate of drug-likeness (QED) is 0.306. The highest BCUT2D eigenvalue weighted by molar-refractivity contribution is 7.23. The van der Waals surface area contributed by atoms with Crippen molar-refractivity contribution in [3.63, 3.8) is 0 Å². The van der Waals surface area contributed by atoms with Gasteiger partial charge in [-0.3, -0.25) is 9.20 Å². The molecule has 2 aromatic heterocycles. The van der Waals surface area contributed by atoms with Gasteiger partial charge in [-0.25, -0.2) is 9.78 Å². The summed E-state index contributed by atoms with van der Waals surface area (Å²) in [5.74, 6) is 0.677. The molecule has 0 aliphatic carbocycles. The Morgan fingerprint density at radius 1 is 1.16 bits per heavy atom. The Hall–Kier alpha value is -3.65. The summed E-state index contributed by atoms with van der Waals surface area (Å²) >= 11 is 1.42. The highest BCUT2D eigenvalue weighted by Gasteiger charge is 2.11. The van der Waals surface area contributed by atoms with Crippen molar-refractivity contribution in [2.45, 2.75) is 26.6 Å². The van der Waals surface area contributed by atoms with Crippen LogP contribution in [-0.2, 0) is 16.1 Å². The summed E-state index contributed by atoms with van der Waals surface area (Å²) in [6.45, 7) is 3.78. The molecule has 0 saturated carbocycles. The van der Waals surface area contributed by atoms with E-state index in [4.69, 9.17) is 14.2 Å². The van der Waals surface area contributed by atoms with Crippen LogP contribution in [0.3, 0.4) is 0 Å². The third-order valence-corrected chi connectivity index (χ3v) is 5.59. The van der Waals surface area contributed by atoms with Gasteiger partial charge in [0.15, 0.2) is 16.5 Å². The number of ether oxygens (including phenoxy) is 3. The molecular weight excluding hydrogens is 428 g/mol. The molecule has 0 radical (unpaired) electrons. The first kappa shape index (κ1) is 21.6. The second kappa shape index (κ2) is 9.23. The summed E-state index contributed by atoms with van der Waals surface area (Å²) in [5.41, 5.74) is 1.78. The summed E-state index contributed by atoms with van der Waals surface area (Å²) in [6, 6.07) is 14.4. The summed E-state index contributed by atoms with van der Waals surface area (Å²) in [6.07, 6.45) is 2.97. The van der Waals surface area contributed by atoms with Crippen LogP contribution < -0.4 is 15.0 Å². The summed E-state index contributed by atoms with van der Waals surface area (Å²) in [4.78, 5) is 29.7. The number of rotatable bonds is 7. The number of carbonyl (C=O) groups excluding carboxylic acids is 1. The topological polar surface area (TPSA) is 79.1 Å². The van der Waals surface area contributed by atoms with Crippen molar-refractivity contribution in [3.8, 4) is 11.5 Å². The fourth-order valence-electron chi connectivity index (χ4n) is 3.19. The molecule has 0 saturated heterocycles. The molecule has 0 N–H and O–H groups in total. The van der Waals surface area contributed by atoms with Gasteiger partial charge in [0.25, 0.3) is 5.56 Å². The number of para-hydroxylation sites is 1. The van der Waals surface area contributed by atoms with E-state index in [0.29, 0.717) is 22.2 Å². The number of carbonyl (C=O) groups is 1. The summed E-state index contributed by atoms with van der Waals surface area (Å²) in [5, 5.41) is 0. The maximum Gasteiger partial charge on any atom is 0.331 e. The molecule has 4 aromatic rings. The first-order valence-corrected chi connectivity index (χ1v) is 10.9. The molecule has 7 nitrogen and oxygen atoms in total. The maximum atomic E-state index is 12.5.